The maximum absolute atomic E-state index is 6.14. The van der Waals surface area contributed by atoms with E-state index in [9.17, 15) is 0 Å². The fraction of sp³-hybridized carbons (Fsp3) is 0.633. The summed E-state index contributed by atoms with van der Waals surface area (Å²) in [5, 5.41) is 5.95. The van der Waals surface area contributed by atoms with Gasteiger partial charge < -0.3 is 25.8 Å². The number of fused-ring (bicyclic) bond motifs is 1. The van der Waals surface area contributed by atoms with Crippen molar-refractivity contribution in [3.05, 3.63) is 36.7 Å². The number of para-hydroxylation sites is 1. The molecule has 3 heterocycles. The number of nitrogens with two attached hydrogens (primary N) is 1. The number of imidazole rings is 1. The molecule has 9 nitrogen and oxygen atoms in total. The SMILES string of the molecule is N[C@H]1CC[C@H](Nc2nc(NN3CCC(CCCOc4ccccc4)CC3)c3ncn(C4CCCC4)c3n2)CC1. The second-order valence-corrected chi connectivity index (χ2v) is 11.8. The number of anilines is 2. The number of nitrogens with zero attached hydrogens (tertiary/aromatic N) is 5. The molecule has 1 saturated heterocycles. The van der Waals surface area contributed by atoms with E-state index in [0.717, 1.165) is 80.4 Å². The molecule has 210 valence electrons. The zero-order valence-corrected chi connectivity index (χ0v) is 23.1. The van der Waals surface area contributed by atoms with Gasteiger partial charge in [0.2, 0.25) is 5.95 Å². The van der Waals surface area contributed by atoms with Crippen LogP contribution < -0.4 is 21.2 Å². The lowest BCUT2D eigenvalue weighted by Crippen LogP contribution is -2.38. The lowest BCUT2D eigenvalue weighted by molar-refractivity contribution is 0.198. The lowest BCUT2D eigenvalue weighted by Gasteiger charge is -2.32. The largest absolute Gasteiger partial charge is 0.494 e. The first-order chi connectivity index (χ1) is 19.2. The van der Waals surface area contributed by atoms with E-state index in [4.69, 9.17) is 25.4 Å². The number of hydrazine groups is 1. The number of nitrogens with one attached hydrogen (secondary N) is 2. The summed E-state index contributed by atoms with van der Waals surface area (Å²) in [5.74, 6) is 3.23. The first-order valence-corrected chi connectivity index (χ1v) is 15.2. The van der Waals surface area contributed by atoms with E-state index in [-0.39, 0.29) is 0 Å². The zero-order chi connectivity index (χ0) is 26.4. The van der Waals surface area contributed by atoms with Gasteiger partial charge >= 0.3 is 0 Å². The van der Waals surface area contributed by atoms with Gasteiger partial charge in [-0.25, -0.2) is 9.99 Å². The highest BCUT2D eigenvalue weighted by Gasteiger charge is 2.25. The second kappa shape index (κ2) is 12.5. The Hall–Kier alpha value is -2.91. The molecule has 39 heavy (non-hydrogen) atoms. The molecule has 0 atom stereocenters. The summed E-state index contributed by atoms with van der Waals surface area (Å²) in [4.78, 5) is 14.8. The summed E-state index contributed by atoms with van der Waals surface area (Å²) < 4.78 is 8.18. The molecule has 0 bridgehead atoms. The van der Waals surface area contributed by atoms with Gasteiger partial charge in [-0.2, -0.15) is 9.97 Å². The van der Waals surface area contributed by atoms with E-state index in [1.165, 1.54) is 44.9 Å². The smallest absolute Gasteiger partial charge is 0.227 e. The quantitative estimate of drug-likeness (QED) is 0.293. The van der Waals surface area contributed by atoms with Gasteiger partial charge in [0.1, 0.15) is 5.75 Å². The lowest BCUT2D eigenvalue weighted by atomic mass is 9.92. The minimum Gasteiger partial charge on any atom is -0.494 e. The van der Waals surface area contributed by atoms with E-state index in [2.05, 4.69) is 20.3 Å². The summed E-state index contributed by atoms with van der Waals surface area (Å²) in [6, 6.07) is 11.3. The molecule has 0 unspecified atom stereocenters. The molecule has 3 fully saturated rings. The van der Waals surface area contributed by atoms with E-state index in [1.807, 2.05) is 36.7 Å². The van der Waals surface area contributed by atoms with Crippen LogP contribution in [-0.4, -0.2) is 56.3 Å². The number of ether oxygens (including phenoxy) is 1. The van der Waals surface area contributed by atoms with E-state index in [0.29, 0.717) is 24.1 Å². The Morgan fingerprint density at radius 3 is 2.46 bits per heavy atom. The van der Waals surface area contributed by atoms with Crippen molar-refractivity contribution in [2.24, 2.45) is 11.7 Å². The monoisotopic (exact) mass is 532 g/mol. The predicted molar refractivity (Wildman–Crippen MR) is 156 cm³/mol. The van der Waals surface area contributed by atoms with Crippen molar-refractivity contribution in [1.82, 2.24) is 24.5 Å². The van der Waals surface area contributed by atoms with Crippen LogP contribution in [0.4, 0.5) is 11.8 Å². The minimum atomic E-state index is 0.326. The van der Waals surface area contributed by atoms with Gasteiger partial charge in [-0.3, -0.25) is 0 Å². The van der Waals surface area contributed by atoms with Crippen molar-refractivity contribution in [1.29, 1.82) is 0 Å². The van der Waals surface area contributed by atoms with Crippen LogP contribution in [-0.2, 0) is 0 Å². The third-order valence-electron chi connectivity index (χ3n) is 8.89. The van der Waals surface area contributed by atoms with E-state index >= 15 is 0 Å². The first kappa shape index (κ1) is 26.3. The third kappa shape index (κ3) is 6.64. The van der Waals surface area contributed by atoms with Gasteiger partial charge in [-0.05, 0) is 82.3 Å². The van der Waals surface area contributed by atoms with Crippen molar-refractivity contribution >= 4 is 22.9 Å². The summed E-state index contributed by atoms with van der Waals surface area (Å²) in [5.41, 5.74) is 11.6. The molecule has 0 radical (unpaired) electrons. The standard InChI is InChI=1S/C30H44N8O/c31-23-12-14-24(15-13-23)33-30-34-28(27-29(35-30)38(21-32-27)25-8-4-5-9-25)36-37-18-16-22(17-19-37)7-6-20-39-26-10-2-1-3-11-26/h1-3,10-11,21-25H,4-9,12-20,31H2,(H2,33,34,35,36)/t23-,24-. The van der Waals surface area contributed by atoms with Crippen molar-refractivity contribution in [3.63, 3.8) is 0 Å². The average Bonchev–Trinajstić information content (AvgIpc) is 3.64. The van der Waals surface area contributed by atoms with Crippen molar-refractivity contribution in [2.45, 2.75) is 95.2 Å². The Labute approximate surface area is 231 Å². The molecule has 1 aromatic carbocycles. The highest BCUT2D eigenvalue weighted by Crippen LogP contribution is 2.34. The predicted octanol–water partition coefficient (Wildman–Crippen LogP) is 5.52. The maximum Gasteiger partial charge on any atom is 0.227 e. The molecule has 9 heteroatoms. The average molecular weight is 533 g/mol. The summed E-state index contributed by atoms with van der Waals surface area (Å²) >= 11 is 0. The molecular weight excluding hydrogens is 488 g/mol. The Morgan fingerprint density at radius 1 is 0.923 bits per heavy atom. The molecule has 0 amide bonds. The van der Waals surface area contributed by atoms with E-state index in [1.54, 1.807) is 0 Å². The Bertz CT molecular complexity index is 1180. The highest BCUT2D eigenvalue weighted by molar-refractivity contribution is 5.84. The van der Waals surface area contributed by atoms with Crippen molar-refractivity contribution < 1.29 is 4.74 Å². The van der Waals surface area contributed by atoms with Gasteiger partial charge in [-0.1, -0.05) is 31.0 Å². The Kier molecular flexibility index (Phi) is 8.44. The van der Waals surface area contributed by atoms with Crippen LogP contribution in [0.15, 0.2) is 36.7 Å². The number of benzene rings is 1. The molecule has 2 aromatic heterocycles. The third-order valence-corrected chi connectivity index (χ3v) is 8.89. The van der Waals surface area contributed by atoms with Gasteiger partial charge in [-0.15, -0.1) is 0 Å². The van der Waals surface area contributed by atoms with Crippen LogP contribution in [0.25, 0.3) is 11.2 Å². The molecule has 6 rings (SSSR count). The van der Waals surface area contributed by atoms with Gasteiger partial charge in [0.25, 0.3) is 0 Å². The van der Waals surface area contributed by atoms with Crippen LogP contribution in [0.1, 0.15) is 83.1 Å². The van der Waals surface area contributed by atoms with E-state index < -0.39 is 0 Å². The molecule has 3 aliphatic rings. The van der Waals surface area contributed by atoms with Crippen LogP contribution in [0, 0.1) is 5.92 Å². The number of hydrogen-bond acceptors (Lipinski definition) is 8. The minimum absolute atomic E-state index is 0.326. The Balaban J connectivity index is 1.08. The van der Waals surface area contributed by atoms with Gasteiger partial charge in [0, 0.05) is 31.2 Å². The molecule has 3 aromatic rings. The van der Waals surface area contributed by atoms with Crippen molar-refractivity contribution in [3.8, 4) is 5.75 Å². The topological polar surface area (TPSA) is 106 Å². The second-order valence-electron chi connectivity index (χ2n) is 11.8. The summed E-state index contributed by atoms with van der Waals surface area (Å²) in [7, 11) is 0. The number of piperidine rings is 1. The van der Waals surface area contributed by atoms with Crippen LogP contribution >= 0.6 is 0 Å². The van der Waals surface area contributed by atoms with Gasteiger partial charge in [0.15, 0.2) is 17.0 Å². The van der Waals surface area contributed by atoms with Crippen LogP contribution in [0.2, 0.25) is 0 Å². The molecule has 2 saturated carbocycles. The zero-order valence-electron chi connectivity index (χ0n) is 23.1. The Morgan fingerprint density at radius 2 is 1.69 bits per heavy atom. The fourth-order valence-electron chi connectivity index (χ4n) is 6.52. The number of rotatable bonds is 10. The molecule has 1 aliphatic heterocycles. The number of aromatic nitrogens is 4. The van der Waals surface area contributed by atoms with Crippen LogP contribution in [0.5, 0.6) is 5.75 Å². The fourth-order valence-corrected chi connectivity index (χ4v) is 6.52. The van der Waals surface area contributed by atoms with Crippen LogP contribution in [0.3, 0.4) is 0 Å². The highest BCUT2D eigenvalue weighted by atomic mass is 16.5. The molecule has 4 N–H and O–H groups in total. The molecule has 0 spiro atoms. The van der Waals surface area contributed by atoms with Gasteiger partial charge in [0.05, 0.1) is 12.9 Å². The molecular formula is C30H44N8O. The van der Waals surface area contributed by atoms with Crippen molar-refractivity contribution in [2.75, 3.05) is 30.4 Å². The summed E-state index contributed by atoms with van der Waals surface area (Å²) in [6.07, 6.45) is 15.8. The molecule has 2 aliphatic carbocycles. The maximum atomic E-state index is 6.14. The number of hydrogen-bond donors (Lipinski definition) is 3. The summed E-state index contributed by atoms with van der Waals surface area (Å²) in [6.45, 7) is 2.79. The first-order valence-electron chi connectivity index (χ1n) is 15.2. The normalized spacial score (nSPS) is 23.3.